The predicted molar refractivity (Wildman–Crippen MR) is 85.4 cm³/mol. The predicted octanol–water partition coefficient (Wildman–Crippen LogP) is 1.97. The van der Waals surface area contributed by atoms with Gasteiger partial charge in [-0.1, -0.05) is 12.1 Å². The first-order valence-corrected chi connectivity index (χ1v) is 7.09. The van der Waals surface area contributed by atoms with E-state index >= 15 is 0 Å². The Balaban J connectivity index is 1.61. The molecule has 1 N–H and O–H groups in total. The van der Waals surface area contributed by atoms with E-state index in [1.165, 1.54) is 13.3 Å². The van der Waals surface area contributed by atoms with Crippen LogP contribution in [-0.2, 0) is 4.74 Å². The highest BCUT2D eigenvalue weighted by Crippen LogP contribution is 2.32. The third-order valence-corrected chi connectivity index (χ3v) is 3.35. The number of carbonyl (C=O) groups is 2. The molecular weight excluding hydrogens is 312 g/mol. The van der Waals surface area contributed by atoms with Gasteiger partial charge in [-0.25, -0.2) is 10.2 Å². The SMILES string of the molecule is COC(=O)c1ccc(/C=N/NC(=O)c2ccc3c(c2)OCO3)cc1. The first kappa shape index (κ1) is 15.5. The van der Waals surface area contributed by atoms with E-state index < -0.39 is 5.97 Å². The summed E-state index contributed by atoms with van der Waals surface area (Å²) in [5.41, 5.74) is 4.02. The van der Waals surface area contributed by atoms with Gasteiger partial charge in [-0.05, 0) is 35.9 Å². The van der Waals surface area contributed by atoms with Crippen molar-refractivity contribution in [1.29, 1.82) is 0 Å². The molecule has 1 heterocycles. The van der Waals surface area contributed by atoms with Crippen LogP contribution in [-0.4, -0.2) is 32.0 Å². The van der Waals surface area contributed by atoms with Crippen LogP contribution in [0.2, 0.25) is 0 Å². The highest BCUT2D eigenvalue weighted by atomic mass is 16.7. The van der Waals surface area contributed by atoms with E-state index in [4.69, 9.17) is 9.47 Å². The second-order valence-electron chi connectivity index (χ2n) is 4.88. The molecule has 0 atom stereocenters. The van der Waals surface area contributed by atoms with Crippen LogP contribution in [0.1, 0.15) is 26.3 Å². The number of hydrogen-bond acceptors (Lipinski definition) is 6. The van der Waals surface area contributed by atoms with Crippen molar-refractivity contribution in [3.8, 4) is 11.5 Å². The Morgan fingerprint density at radius 3 is 2.54 bits per heavy atom. The van der Waals surface area contributed by atoms with Crippen molar-refractivity contribution in [2.45, 2.75) is 0 Å². The number of rotatable bonds is 4. The third-order valence-electron chi connectivity index (χ3n) is 3.35. The number of nitrogens with zero attached hydrogens (tertiary/aromatic N) is 1. The number of amides is 1. The summed E-state index contributed by atoms with van der Waals surface area (Å²) in [6, 6.07) is 11.5. The van der Waals surface area contributed by atoms with Crippen LogP contribution in [0.15, 0.2) is 47.6 Å². The van der Waals surface area contributed by atoms with Crippen LogP contribution in [0.3, 0.4) is 0 Å². The molecular formula is C17H14N2O5. The smallest absolute Gasteiger partial charge is 0.337 e. The maximum absolute atomic E-state index is 12.0. The first-order chi connectivity index (χ1) is 11.7. The second-order valence-corrected chi connectivity index (χ2v) is 4.88. The molecule has 1 aliphatic heterocycles. The Hall–Kier alpha value is -3.35. The van der Waals surface area contributed by atoms with Gasteiger partial charge in [0.2, 0.25) is 6.79 Å². The van der Waals surface area contributed by atoms with E-state index in [-0.39, 0.29) is 12.7 Å². The summed E-state index contributed by atoms with van der Waals surface area (Å²) >= 11 is 0. The van der Waals surface area contributed by atoms with Gasteiger partial charge in [-0.3, -0.25) is 4.79 Å². The molecule has 2 aromatic carbocycles. The van der Waals surface area contributed by atoms with Gasteiger partial charge in [-0.2, -0.15) is 5.10 Å². The number of ether oxygens (including phenoxy) is 3. The standard InChI is InChI=1S/C17H14N2O5/c1-22-17(21)12-4-2-11(3-5-12)9-18-19-16(20)13-6-7-14-15(8-13)24-10-23-14/h2-9H,10H2,1H3,(H,19,20)/b18-9+. The average molecular weight is 326 g/mol. The Bertz CT molecular complexity index is 799. The Morgan fingerprint density at radius 1 is 1.08 bits per heavy atom. The van der Waals surface area contributed by atoms with Crippen molar-refractivity contribution in [3.63, 3.8) is 0 Å². The topological polar surface area (TPSA) is 86.2 Å². The summed E-state index contributed by atoms with van der Waals surface area (Å²) in [6.07, 6.45) is 1.48. The van der Waals surface area contributed by atoms with Crippen LogP contribution in [0.4, 0.5) is 0 Å². The summed E-state index contributed by atoms with van der Waals surface area (Å²) < 4.78 is 15.0. The molecule has 3 rings (SSSR count). The Kier molecular flexibility index (Phi) is 4.42. The van der Waals surface area contributed by atoms with Crippen LogP contribution < -0.4 is 14.9 Å². The maximum Gasteiger partial charge on any atom is 0.337 e. The van der Waals surface area contributed by atoms with Gasteiger partial charge >= 0.3 is 5.97 Å². The zero-order valence-electron chi connectivity index (χ0n) is 12.8. The lowest BCUT2D eigenvalue weighted by atomic mass is 10.1. The fourth-order valence-corrected chi connectivity index (χ4v) is 2.09. The van der Waals surface area contributed by atoms with Gasteiger partial charge in [0.05, 0.1) is 18.9 Å². The fourth-order valence-electron chi connectivity index (χ4n) is 2.09. The van der Waals surface area contributed by atoms with Crippen LogP contribution in [0, 0.1) is 0 Å². The molecule has 0 bridgehead atoms. The number of nitrogens with one attached hydrogen (secondary N) is 1. The lowest BCUT2D eigenvalue weighted by Gasteiger charge is -2.02. The monoisotopic (exact) mass is 326 g/mol. The van der Waals surface area contributed by atoms with E-state index in [1.54, 1.807) is 42.5 Å². The summed E-state index contributed by atoms with van der Waals surface area (Å²) in [5, 5.41) is 3.89. The van der Waals surface area contributed by atoms with Crippen LogP contribution in [0.25, 0.3) is 0 Å². The van der Waals surface area contributed by atoms with Crippen molar-refractivity contribution in [3.05, 3.63) is 59.2 Å². The zero-order chi connectivity index (χ0) is 16.9. The normalized spacial score (nSPS) is 12.2. The number of fused-ring (bicyclic) bond motifs is 1. The summed E-state index contributed by atoms with van der Waals surface area (Å²) in [5.74, 6) is 0.371. The van der Waals surface area contributed by atoms with Crippen LogP contribution >= 0.6 is 0 Å². The number of hydrogen-bond donors (Lipinski definition) is 1. The minimum absolute atomic E-state index is 0.153. The molecule has 0 aliphatic carbocycles. The highest BCUT2D eigenvalue weighted by Gasteiger charge is 2.15. The van der Waals surface area contributed by atoms with E-state index in [0.717, 1.165) is 5.56 Å². The Labute approximate surface area is 137 Å². The summed E-state index contributed by atoms with van der Waals surface area (Å²) in [6.45, 7) is 0.153. The van der Waals surface area contributed by atoms with E-state index in [0.29, 0.717) is 22.6 Å². The van der Waals surface area contributed by atoms with Gasteiger partial charge in [0, 0.05) is 5.56 Å². The quantitative estimate of drug-likeness (QED) is 0.527. The average Bonchev–Trinajstić information content (AvgIpc) is 3.09. The molecule has 7 nitrogen and oxygen atoms in total. The van der Waals surface area contributed by atoms with Gasteiger partial charge in [0.1, 0.15) is 0 Å². The number of benzene rings is 2. The van der Waals surface area contributed by atoms with E-state index in [2.05, 4.69) is 15.3 Å². The van der Waals surface area contributed by atoms with Crippen molar-refractivity contribution in [2.75, 3.05) is 13.9 Å². The minimum Gasteiger partial charge on any atom is -0.465 e. The summed E-state index contributed by atoms with van der Waals surface area (Å²) in [4.78, 5) is 23.4. The fraction of sp³-hybridized carbons (Fsp3) is 0.118. The Morgan fingerprint density at radius 2 is 1.79 bits per heavy atom. The lowest BCUT2D eigenvalue weighted by molar-refractivity contribution is 0.0600. The lowest BCUT2D eigenvalue weighted by Crippen LogP contribution is -2.17. The zero-order valence-corrected chi connectivity index (χ0v) is 12.8. The van der Waals surface area contributed by atoms with Crippen molar-refractivity contribution < 1.29 is 23.8 Å². The van der Waals surface area contributed by atoms with Gasteiger partial charge in [0.25, 0.3) is 5.91 Å². The number of carbonyl (C=O) groups excluding carboxylic acids is 2. The van der Waals surface area contributed by atoms with Gasteiger partial charge in [0.15, 0.2) is 11.5 Å². The molecule has 122 valence electrons. The van der Waals surface area contributed by atoms with Gasteiger partial charge < -0.3 is 14.2 Å². The number of methoxy groups -OCH3 is 1. The second kappa shape index (κ2) is 6.82. The molecule has 2 aromatic rings. The molecule has 1 amide bonds. The van der Waals surface area contributed by atoms with Crippen LogP contribution in [0.5, 0.6) is 11.5 Å². The van der Waals surface area contributed by atoms with Gasteiger partial charge in [-0.15, -0.1) is 0 Å². The number of hydrazone groups is 1. The summed E-state index contributed by atoms with van der Waals surface area (Å²) in [7, 11) is 1.32. The van der Waals surface area contributed by atoms with Crippen molar-refractivity contribution in [1.82, 2.24) is 5.43 Å². The molecule has 0 aromatic heterocycles. The molecule has 0 fully saturated rings. The first-order valence-electron chi connectivity index (χ1n) is 7.09. The molecule has 0 saturated heterocycles. The molecule has 0 saturated carbocycles. The number of esters is 1. The van der Waals surface area contributed by atoms with E-state index in [1.807, 2.05) is 0 Å². The highest BCUT2D eigenvalue weighted by molar-refractivity contribution is 5.95. The molecule has 0 radical (unpaired) electrons. The molecule has 1 aliphatic rings. The molecule has 0 spiro atoms. The van der Waals surface area contributed by atoms with Crippen molar-refractivity contribution in [2.24, 2.45) is 5.10 Å². The van der Waals surface area contributed by atoms with Crippen molar-refractivity contribution >= 4 is 18.1 Å². The largest absolute Gasteiger partial charge is 0.465 e. The minimum atomic E-state index is -0.408. The molecule has 7 heteroatoms. The maximum atomic E-state index is 12.0. The van der Waals surface area contributed by atoms with E-state index in [9.17, 15) is 9.59 Å². The third kappa shape index (κ3) is 3.35. The molecule has 24 heavy (non-hydrogen) atoms. The molecule has 0 unspecified atom stereocenters.